The molecule has 3 rings (SSSR count). The highest BCUT2D eigenvalue weighted by Crippen LogP contribution is 2.27. The molecule has 0 atom stereocenters. The Labute approximate surface area is 119 Å². The van der Waals surface area contributed by atoms with Crippen molar-refractivity contribution in [1.82, 2.24) is 9.97 Å². The molecule has 1 saturated heterocycles. The first-order valence-corrected chi connectivity index (χ1v) is 7.12. The Bertz CT molecular complexity index is 596. The number of nitrogens with zero attached hydrogens (tertiary/aromatic N) is 5. The lowest BCUT2D eigenvalue weighted by Gasteiger charge is -2.34. The molecular weight excluding hydrogens is 278 g/mol. The van der Waals surface area contributed by atoms with Crippen molar-refractivity contribution in [3.63, 3.8) is 0 Å². The lowest BCUT2D eigenvalue weighted by Crippen LogP contribution is -2.47. The van der Waals surface area contributed by atoms with Crippen LogP contribution in [0.15, 0.2) is 29.9 Å². The van der Waals surface area contributed by atoms with Gasteiger partial charge < -0.3 is 9.80 Å². The number of hydrogen-bond donors (Lipinski definition) is 0. The number of piperazine rings is 1. The maximum atomic E-state index is 11.0. The molecule has 0 aliphatic carbocycles. The van der Waals surface area contributed by atoms with Gasteiger partial charge in [0.1, 0.15) is 0 Å². The summed E-state index contributed by atoms with van der Waals surface area (Å²) in [4.78, 5) is 23.3. The molecule has 3 heterocycles. The van der Waals surface area contributed by atoms with Crippen molar-refractivity contribution >= 4 is 28.0 Å². The predicted octanol–water partition coefficient (Wildman–Crippen LogP) is 1.77. The van der Waals surface area contributed by atoms with E-state index in [4.69, 9.17) is 0 Å². The zero-order valence-electron chi connectivity index (χ0n) is 10.7. The van der Waals surface area contributed by atoms with Gasteiger partial charge in [-0.3, -0.25) is 10.1 Å². The standard InChI is InChI=1S/C12H13N5O2S/c18-17(19)10-2-1-3-13-11(10)15-5-7-16(8-6-15)12-14-4-9-20-12/h1-4,9H,5-8H2. The third-order valence-electron chi connectivity index (χ3n) is 3.23. The number of pyridine rings is 1. The second kappa shape index (κ2) is 5.41. The zero-order chi connectivity index (χ0) is 13.9. The molecule has 2 aromatic heterocycles. The van der Waals surface area contributed by atoms with Gasteiger partial charge in [-0.05, 0) is 6.07 Å². The van der Waals surface area contributed by atoms with Crippen LogP contribution < -0.4 is 9.80 Å². The topological polar surface area (TPSA) is 75.4 Å². The summed E-state index contributed by atoms with van der Waals surface area (Å²) in [5.74, 6) is 0.455. The maximum Gasteiger partial charge on any atom is 0.311 e. The molecule has 0 unspecified atom stereocenters. The fourth-order valence-electron chi connectivity index (χ4n) is 2.26. The summed E-state index contributed by atoms with van der Waals surface area (Å²) >= 11 is 1.61. The Hall–Kier alpha value is -2.22. The Balaban J connectivity index is 1.74. The van der Waals surface area contributed by atoms with Crippen molar-refractivity contribution < 1.29 is 4.92 Å². The van der Waals surface area contributed by atoms with Gasteiger partial charge in [-0.25, -0.2) is 9.97 Å². The fourth-order valence-corrected chi connectivity index (χ4v) is 2.95. The van der Waals surface area contributed by atoms with Crippen LogP contribution in [0.5, 0.6) is 0 Å². The summed E-state index contributed by atoms with van der Waals surface area (Å²) in [5.41, 5.74) is 0.0650. The Morgan fingerprint density at radius 2 is 1.90 bits per heavy atom. The number of anilines is 2. The minimum Gasteiger partial charge on any atom is -0.347 e. The van der Waals surface area contributed by atoms with E-state index in [2.05, 4.69) is 14.9 Å². The molecule has 0 N–H and O–H groups in total. The van der Waals surface area contributed by atoms with Crippen molar-refractivity contribution in [3.05, 3.63) is 40.0 Å². The molecule has 1 fully saturated rings. The monoisotopic (exact) mass is 291 g/mol. The van der Waals surface area contributed by atoms with Gasteiger partial charge in [-0.1, -0.05) is 0 Å². The first-order valence-electron chi connectivity index (χ1n) is 6.24. The van der Waals surface area contributed by atoms with E-state index in [0.717, 1.165) is 18.2 Å². The predicted molar refractivity (Wildman–Crippen MR) is 77.4 cm³/mol. The number of nitro groups is 1. The quantitative estimate of drug-likeness (QED) is 0.633. The molecule has 2 aromatic rings. The van der Waals surface area contributed by atoms with Crippen molar-refractivity contribution in [1.29, 1.82) is 0 Å². The van der Waals surface area contributed by atoms with E-state index in [-0.39, 0.29) is 10.6 Å². The number of thiazole rings is 1. The molecule has 1 aliphatic rings. The second-order valence-corrected chi connectivity index (χ2v) is 5.27. The molecule has 1 aliphatic heterocycles. The van der Waals surface area contributed by atoms with E-state index in [1.54, 1.807) is 29.8 Å². The van der Waals surface area contributed by atoms with Crippen molar-refractivity contribution in [2.24, 2.45) is 0 Å². The molecule has 7 nitrogen and oxygen atoms in total. The van der Waals surface area contributed by atoms with Crippen molar-refractivity contribution in [3.8, 4) is 0 Å². The van der Waals surface area contributed by atoms with Gasteiger partial charge in [-0.15, -0.1) is 11.3 Å². The lowest BCUT2D eigenvalue weighted by molar-refractivity contribution is -0.384. The van der Waals surface area contributed by atoms with Gasteiger partial charge in [-0.2, -0.15) is 0 Å². The van der Waals surface area contributed by atoms with Crippen LogP contribution in [0.2, 0.25) is 0 Å². The highest BCUT2D eigenvalue weighted by molar-refractivity contribution is 7.13. The van der Waals surface area contributed by atoms with Gasteiger partial charge in [0.25, 0.3) is 0 Å². The molecule has 0 radical (unpaired) electrons. The van der Waals surface area contributed by atoms with E-state index in [1.165, 1.54) is 6.07 Å². The van der Waals surface area contributed by atoms with Gasteiger partial charge >= 0.3 is 5.69 Å². The van der Waals surface area contributed by atoms with E-state index >= 15 is 0 Å². The van der Waals surface area contributed by atoms with Gasteiger partial charge in [0.05, 0.1) is 4.92 Å². The van der Waals surface area contributed by atoms with Crippen LogP contribution in [-0.4, -0.2) is 41.1 Å². The minimum absolute atomic E-state index is 0.0650. The zero-order valence-corrected chi connectivity index (χ0v) is 11.5. The molecule has 0 saturated carbocycles. The van der Waals surface area contributed by atoms with Crippen LogP contribution in [-0.2, 0) is 0 Å². The van der Waals surface area contributed by atoms with Gasteiger partial charge in [0.2, 0.25) is 5.82 Å². The lowest BCUT2D eigenvalue weighted by atomic mass is 10.3. The summed E-state index contributed by atoms with van der Waals surface area (Å²) in [7, 11) is 0. The third kappa shape index (κ3) is 2.42. The molecular formula is C12H13N5O2S. The Morgan fingerprint density at radius 3 is 2.55 bits per heavy atom. The van der Waals surface area contributed by atoms with Crippen LogP contribution in [0, 0.1) is 10.1 Å². The molecule has 0 amide bonds. The Kier molecular flexibility index (Phi) is 3.46. The second-order valence-electron chi connectivity index (χ2n) is 4.39. The van der Waals surface area contributed by atoms with Crippen molar-refractivity contribution in [2.45, 2.75) is 0 Å². The summed E-state index contributed by atoms with van der Waals surface area (Å²) in [5, 5.41) is 14.0. The smallest absolute Gasteiger partial charge is 0.311 e. The maximum absolute atomic E-state index is 11.0. The van der Waals surface area contributed by atoms with Gasteiger partial charge in [0, 0.05) is 50.0 Å². The normalized spacial score (nSPS) is 15.4. The van der Waals surface area contributed by atoms with E-state index < -0.39 is 0 Å². The fraction of sp³-hybridized carbons (Fsp3) is 0.333. The Morgan fingerprint density at radius 1 is 1.15 bits per heavy atom. The summed E-state index contributed by atoms with van der Waals surface area (Å²) in [6, 6.07) is 3.09. The summed E-state index contributed by atoms with van der Waals surface area (Å²) in [6.07, 6.45) is 3.38. The van der Waals surface area contributed by atoms with E-state index in [0.29, 0.717) is 18.9 Å². The third-order valence-corrected chi connectivity index (χ3v) is 4.06. The molecule has 0 aromatic carbocycles. The van der Waals surface area contributed by atoms with E-state index in [9.17, 15) is 10.1 Å². The van der Waals surface area contributed by atoms with Crippen LogP contribution in [0.1, 0.15) is 0 Å². The molecule has 0 bridgehead atoms. The SMILES string of the molecule is O=[N+]([O-])c1cccnc1N1CCN(c2nccs2)CC1. The van der Waals surface area contributed by atoms with Crippen LogP contribution >= 0.6 is 11.3 Å². The average Bonchev–Trinajstić information content (AvgIpc) is 3.02. The van der Waals surface area contributed by atoms with Crippen molar-refractivity contribution in [2.75, 3.05) is 36.0 Å². The largest absolute Gasteiger partial charge is 0.347 e. The average molecular weight is 291 g/mol. The molecule has 8 heteroatoms. The molecule has 0 spiro atoms. The van der Waals surface area contributed by atoms with Gasteiger partial charge in [0.15, 0.2) is 5.13 Å². The molecule has 104 valence electrons. The van der Waals surface area contributed by atoms with Crippen LogP contribution in [0.3, 0.4) is 0 Å². The number of hydrogen-bond acceptors (Lipinski definition) is 7. The first-order chi connectivity index (χ1) is 9.75. The highest BCUT2D eigenvalue weighted by atomic mass is 32.1. The van der Waals surface area contributed by atoms with E-state index in [1.807, 2.05) is 10.3 Å². The van der Waals surface area contributed by atoms with Crippen LogP contribution in [0.25, 0.3) is 0 Å². The molecule has 20 heavy (non-hydrogen) atoms. The van der Waals surface area contributed by atoms with Crippen LogP contribution in [0.4, 0.5) is 16.6 Å². The summed E-state index contributed by atoms with van der Waals surface area (Å²) in [6.45, 7) is 3.00. The minimum atomic E-state index is -0.379. The highest BCUT2D eigenvalue weighted by Gasteiger charge is 2.25. The number of aromatic nitrogens is 2. The first kappa shape index (κ1) is 12.8. The number of rotatable bonds is 3. The summed E-state index contributed by atoms with van der Waals surface area (Å²) < 4.78 is 0.